The molecule has 5 nitrogen and oxygen atoms in total. The predicted molar refractivity (Wildman–Crippen MR) is 79.0 cm³/mol. The van der Waals surface area contributed by atoms with Crippen LogP contribution >= 0.6 is 0 Å². The van der Waals surface area contributed by atoms with E-state index in [2.05, 4.69) is 0 Å². The van der Waals surface area contributed by atoms with Crippen molar-refractivity contribution in [3.63, 3.8) is 0 Å². The van der Waals surface area contributed by atoms with Gasteiger partial charge in [-0.3, -0.25) is 14.9 Å². The molecule has 2 rings (SSSR count). The molecular weight excluding hydrogens is 270 g/mol. The Balaban J connectivity index is 2.31. The third-order valence-electron chi connectivity index (χ3n) is 4.24. The van der Waals surface area contributed by atoms with Gasteiger partial charge in [0.25, 0.3) is 5.69 Å². The average Bonchev–Trinajstić information content (AvgIpc) is 2.49. The van der Waals surface area contributed by atoms with Crippen LogP contribution in [0.1, 0.15) is 44.6 Å². The predicted octanol–water partition coefficient (Wildman–Crippen LogP) is 3.65. The van der Waals surface area contributed by atoms with Crippen molar-refractivity contribution in [2.45, 2.75) is 45.4 Å². The maximum atomic E-state index is 12.4. The van der Waals surface area contributed by atoms with E-state index in [1.54, 1.807) is 25.1 Å². The van der Waals surface area contributed by atoms with Crippen molar-refractivity contribution in [1.82, 2.24) is 0 Å². The number of nitro groups is 1. The van der Waals surface area contributed by atoms with Crippen molar-refractivity contribution >= 4 is 11.7 Å². The summed E-state index contributed by atoms with van der Waals surface area (Å²) < 4.78 is 5.25. The van der Waals surface area contributed by atoms with E-state index in [-0.39, 0.29) is 16.6 Å². The highest BCUT2D eigenvalue weighted by molar-refractivity contribution is 5.77. The molecule has 1 aliphatic carbocycles. The second-order valence-electron chi connectivity index (χ2n) is 5.62. The quantitative estimate of drug-likeness (QED) is 0.471. The molecule has 0 aliphatic heterocycles. The van der Waals surface area contributed by atoms with Crippen LogP contribution in [-0.2, 0) is 16.0 Å². The summed E-state index contributed by atoms with van der Waals surface area (Å²) in [5, 5.41) is 11.2. The van der Waals surface area contributed by atoms with E-state index in [4.69, 9.17) is 4.74 Å². The van der Waals surface area contributed by atoms with Gasteiger partial charge < -0.3 is 4.74 Å². The number of rotatable bonds is 5. The van der Waals surface area contributed by atoms with Gasteiger partial charge in [0.2, 0.25) is 0 Å². The van der Waals surface area contributed by atoms with Crippen LogP contribution in [0.3, 0.4) is 0 Å². The molecule has 0 N–H and O–H groups in total. The lowest BCUT2D eigenvalue weighted by Crippen LogP contribution is -2.37. The van der Waals surface area contributed by atoms with Crippen LogP contribution in [0.25, 0.3) is 0 Å². The first-order chi connectivity index (χ1) is 10.1. The second kappa shape index (κ2) is 6.70. The highest BCUT2D eigenvalue weighted by Crippen LogP contribution is 2.41. The number of esters is 1. The Kier molecular flexibility index (Phi) is 4.94. The van der Waals surface area contributed by atoms with Gasteiger partial charge in [-0.25, -0.2) is 0 Å². The van der Waals surface area contributed by atoms with Crippen LogP contribution in [0, 0.1) is 15.5 Å². The van der Waals surface area contributed by atoms with Gasteiger partial charge in [-0.2, -0.15) is 0 Å². The zero-order valence-electron chi connectivity index (χ0n) is 12.3. The molecule has 1 saturated carbocycles. The summed E-state index contributed by atoms with van der Waals surface area (Å²) in [7, 11) is 0. The maximum Gasteiger partial charge on any atom is 0.312 e. The van der Waals surface area contributed by atoms with Crippen molar-refractivity contribution in [3.8, 4) is 0 Å². The van der Waals surface area contributed by atoms with Gasteiger partial charge >= 0.3 is 5.97 Å². The number of para-hydroxylation sites is 1. The molecule has 0 radical (unpaired) electrons. The first-order valence-corrected chi connectivity index (χ1v) is 7.48. The minimum atomic E-state index is -0.597. The van der Waals surface area contributed by atoms with Gasteiger partial charge in [0, 0.05) is 11.6 Å². The third-order valence-corrected chi connectivity index (χ3v) is 4.24. The summed E-state index contributed by atoms with van der Waals surface area (Å²) in [5.41, 5.74) is 0.115. The number of ether oxygens (including phenoxy) is 1. The van der Waals surface area contributed by atoms with Crippen LogP contribution in [0.5, 0.6) is 0 Å². The van der Waals surface area contributed by atoms with E-state index >= 15 is 0 Å². The molecule has 1 aromatic carbocycles. The van der Waals surface area contributed by atoms with E-state index in [9.17, 15) is 14.9 Å². The molecule has 1 aliphatic rings. The monoisotopic (exact) mass is 291 g/mol. The molecule has 0 heterocycles. The molecule has 21 heavy (non-hydrogen) atoms. The topological polar surface area (TPSA) is 69.4 Å². The fourth-order valence-corrected chi connectivity index (χ4v) is 3.17. The van der Waals surface area contributed by atoms with Crippen LogP contribution in [0.2, 0.25) is 0 Å². The summed E-state index contributed by atoms with van der Waals surface area (Å²) in [6, 6.07) is 6.67. The molecule has 1 aromatic rings. The first kappa shape index (κ1) is 15.5. The molecule has 0 atom stereocenters. The van der Waals surface area contributed by atoms with Crippen LogP contribution in [-0.4, -0.2) is 17.5 Å². The molecule has 0 unspecified atom stereocenters. The second-order valence-corrected chi connectivity index (χ2v) is 5.62. The number of benzene rings is 1. The van der Waals surface area contributed by atoms with Gasteiger partial charge in [0.15, 0.2) is 0 Å². The standard InChI is InChI=1S/C16H21NO4/c1-2-21-15(18)16(10-6-3-7-11-16)12-13-8-4-5-9-14(13)17(19)20/h4-5,8-9H,2-3,6-7,10-12H2,1H3. The van der Waals surface area contributed by atoms with E-state index in [1.165, 1.54) is 6.07 Å². The highest BCUT2D eigenvalue weighted by Gasteiger charge is 2.42. The minimum Gasteiger partial charge on any atom is -0.466 e. The summed E-state index contributed by atoms with van der Waals surface area (Å²) in [6.07, 6.45) is 4.94. The smallest absolute Gasteiger partial charge is 0.312 e. The molecule has 0 spiro atoms. The molecular formula is C16H21NO4. The Morgan fingerprint density at radius 1 is 1.29 bits per heavy atom. The Morgan fingerprint density at radius 2 is 1.95 bits per heavy atom. The van der Waals surface area contributed by atoms with Crippen LogP contribution < -0.4 is 0 Å². The van der Waals surface area contributed by atoms with Crippen molar-refractivity contribution in [2.24, 2.45) is 5.41 Å². The lowest BCUT2D eigenvalue weighted by molar-refractivity contribution is -0.385. The lowest BCUT2D eigenvalue weighted by Gasteiger charge is -2.34. The van der Waals surface area contributed by atoms with Gasteiger partial charge in [-0.05, 0) is 26.2 Å². The van der Waals surface area contributed by atoms with Crippen LogP contribution in [0.4, 0.5) is 5.69 Å². The largest absolute Gasteiger partial charge is 0.466 e. The fourth-order valence-electron chi connectivity index (χ4n) is 3.17. The lowest BCUT2D eigenvalue weighted by atomic mass is 9.70. The van der Waals surface area contributed by atoms with E-state index in [0.29, 0.717) is 18.6 Å². The zero-order chi connectivity index (χ0) is 15.3. The van der Waals surface area contributed by atoms with Gasteiger partial charge in [0.05, 0.1) is 16.9 Å². The van der Waals surface area contributed by atoms with E-state index < -0.39 is 5.41 Å². The molecule has 0 aromatic heterocycles. The number of carbonyl (C=O) groups excluding carboxylic acids is 1. The van der Waals surface area contributed by atoms with Crippen molar-refractivity contribution in [3.05, 3.63) is 39.9 Å². The summed E-state index contributed by atoms with van der Waals surface area (Å²) in [6.45, 7) is 2.14. The molecule has 5 heteroatoms. The minimum absolute atomic E-state index is 0.0896. The Labute approximate surface area is 124 Å². The van der Waals surface area contributed by atoms with E-state index in [1.807, 2.05) is 0 Å². The Hall–Kier alpha value is -1.91. The average molecular weight is 291 g/mol. The zero-order valence-corrected chi connectivity index (χ0v) is 12.3. The Bertz CT molecular complexity index is 521. The van der Waals surface area contributed by atoms with Gasteiger partial charge in [0.1, 0.15) is 0 Å². The first-order valence-electron chi connectivity index (χ1n) is 7.48. The fraction of sp³-hybridized carbons (Fsp3) is 0.562. The summed E-state index contributed by atoms with van der Waals surface area (Å²) in [5.74, 6) is -0.206. The molecule has 114 valence electrons. The molecule has 0 saturated heterocycles. The Morgan fingerprint density at radius 3 is 2.57 bits per heavy atom. The summed E-state index contributed by atoms with van der Waals surface area (Å²) >= 11 is 0. The molecule has 1 fully saturated rings. The number of nitro benzene ring substituents is 1. The number of hydrogen-bond acceptors (Lipinski definition) is 4. The SMILES string of the molecule is CCOC(=O)C1(Cc2ccccc2[N+](=O)[O-])CCCCC1. The number of carbonyl (C=O) groups is 1. The van der Waals surface area contributed by atoms with Gasteiger partial charge in [-0.15, -0.1) is 0 Å². The van der Waals surface area contributed by atoms with Crippen LogP contribution in [0.15, 0.2) is 24.3 Å². The number of nitrogens with zero attached hydrogens (tertiary/aromatic N) is 1. The third kappa shape index (κ3) is 3.40. The normalized spacial score (nSPS) is 17.2. The molecule has 0 amide bonds. The molecule has 0 bridgehead atoms. The van der Waals surface area contributed by atoms with E-state index in [0.717, 1.165) is 32.1 Å². The summed E-state index contributed by atoms with van der Waals surface area (Å²) in [4.78, 5) is 23.2. The van der Waals surface area contributed by atoms with Gasteiger partial charge in [-0.1, -0.05) is 37.5 Å². The van der Waals surface area contributed by atoms with Crippen molar-refractivity contribution in [1.29, 1.82) is 0 Å². The highest BCUT2D eigenvalue weighted by atomic mass is 16.6. The van der Waals surface area contributed by atoms with Crippen molar-refractivity contribution in [2.75, 3.05) is 6.61 Å². The maximum absolute atomic E-state index is 12.4. The van der Waals surface area contributed by atoms with Crippen molar-refractivity contribution < 1.29 is 14.5 Å². The number of hydrogen-bond donors (Lipinski definition) is 0.